The molecule has 0 atom stereocenters. The van der Waals surface area contributed by atoms with E-state index in [-0.39, 0.29) is 5.41 Å². The molecule has 0 saturated heterocycles. The zero-order chi connectivity index (χ0) is 95.2. The predicted molar refractivity (Wildman–Crippen MR) is 599 cm³/mol. The van der Waals surface area contributed by atoms with E-state index in [9.17, 15) is 0 Å². The van der Waals surface area contributed by atoms with Gasteiger partial charge in [-0.3, -0.25) is 0 Å². The summed E-state index contributed by atoms with van der Waals surface area (Å²) in [5.74, 6) is 0. The van der Waals surface area contributed by atoms with Crippen molar-refractivity contribution in [3.05, 3.63) is 643 Å². The van der Waals surface area contributed by atoms with E-state index in [1.165, 1.54) is 189 Å². The maximum atomic E-state index is 2.47. The third kappa shape index (κ3) is 13.5. The number of para-hydroxylation sites is 2. The second-order valence-electron chi connectivity index (χ2n) is 38.2. The van der Waals surface area contributed by atoms with Crippen LogP contribution in [-0.2, 0) is 16.2 Å². The van der Waals surface area contributed by atoms with Gasteiger partial charge in [-0.1, -0.05) is 473 Å². The summed E-state index contributed by atoms with van der Waals surface area (Å²) in [6, 6.07) is 211. The number of hydrogen-bond donors (Lipinski definition) is 0. The molecular weight excluding hydrogens is 1740 g/mol. The van der Waals surface area contributed by atoms with Gasteiger partial charge in [-0.25, -0.2) is 0 Å². The third-order valence-corrected chi connectivity index (χ3v) is 30.9. The minimum absolute atomic E-state index is 0.366. The molecule has 0 aliphatic heterocycles. The Balaban J connectivity index is 0.000000108. The summed E-state index contributed by atoms with van der Waals surface area (Å²) in [5.41, 5.74) is 53.1. The molecule has 0 fully saturated rings. The first-order valence-corrected chi connectivity index (χ1v) is 50.0. The minimum atomic E-state index is -0.406. The van der Waals surface area contributed by atoms with Gasteiger partial charge < -0.3 is 14.7 Å². The van der Waals surface area contributed by atoms with Crippen LogP contribution in [-0.4, -0.2) is 0 Å². The lowest BCUT2D eigenvalue weighted by molar-refractivity contribution is 0.793. The Morgan fingerprint density at radius 1 is 0.0972 bits per heavy atom. The van der Waals surface area contributed by atoms with Gasteiger partial charge in [0.2, 0.25) is 0 Å². The fraction of sp³-hybridized carbons (Fsp3) is 0.0213. The van der Waals surface area contributed by atoms with Crippen LogP contribution in [0.3, 0.4) is 0 Å². The van der Waals surface area contributed by atoms with Crippen molar-refractivity contribution in [2.24, 2.45) is 0 Å². The first kappa shape index (κ1) is 84.7. The molecule has 144 heavy (non-hydrogen) atoms. The molecule has 0 amide bonds. The Hall–Kier alpha value is -18.5. The van der Waals surface area contributed by atoms with E-state index in [4.69, 9.17) is 0 Å². The lowest BCUT2D eigenvalue weighted by Gasteiger charge is -2.32. The highest BCUT2D eigenvalue weighted by Crippen LogP contribution is 2.68. The van der Waals surface area contributed by atoms with Crippen molar-refractivity contribution in [2.45, 2.75) is 16.2 Å². The van der Waals surface area contributed by atoms with Crippen LogP contribution in [0.25, 0.3) is 122 Å². The van der Waals surface area contributed by atoms with Crippen molar-refractivity contribution in [2.75, 3.05) is 14.7 Å². The number of rotatable bonds is 14. The van der Waals surface area contributed by atoms with Crippen LogP contribution in [0.4, 0.5) is 51.2 Å². The summed E-state index contributed by atoms with van der Waals surface area (Å²) in [6.07, 6.45) is 0. The number of anilines is 9. The number of benzene rings is 23. The van der Waals surface area contributed by atoms with E-state index in [2.05, 4.69) is 591 Å². The van der Waals surface area contributed by atoms with Crippen LogP contribution in [0.5, 0.6) is 0 Å². The molecule has 0 unspecified atom stereocenters. The Bertz CT molecular complexity index is 8570. The molecule has 0 N–H and O–H groups in total. The van der Waals surface area contributed by atoms with Gasteiger partial charge in [0.25, 0.3) is 0 Å². The van der Waals surface area contributed by atoms with Gasteiger partial charge in [0, 0.05) is 51.1 Å². The van der Waals surface area contributed by atoms with Gasteiger partial charge in [-0.2, -0.15) is 0 Å². The summed E-state index contributed by atoms with van der Waals surface area (Å²) in [7, 11) is 0. The van der Waals surface area contributed by atoms with Gasteiger partial charge in [0.15, 0.2) is 0 Å². The number of nitrogens with zero attached hydrogens (tertiary/aromatic N) is 3. The lowest BCUT2D eigenvalue weighted by Crippen LogP contribution is -2.26. The largest absolute Gasteiger partial charge is 0.310 e. The molecule has 0 heterocycles. The van der Waals surface area contributed by atoms with E-state index in [1.807, 2.05) is 0 Å². The fourth-order valence-corrected chi connectivity index (χ4v) is 24.8. The molecule has 3 nitrogen and oxygen atoms in total. The molecule has 0 saturated carbocycles. The zero-order valence-corrected chi connectivity index (χ0v) is 79.2. The number of hydrogen-bond acceptors (Lipinski definition) is 3. The molecule has 3 spiro atoms. The Morgan fingerprint density at radius 3 is 0.500 bits per heavy atom. The fourth-order valence-electron chi connectivity index (χ4n) is 24.8. The van der Waals surface area contributed by atoms with E-state index in [0.29, 0.717) is 0 Å². The van der Waals surface area contributed by atoms with Crippen molar-refractivity contribution in [1.82, 2.24) is 0 Å². The molecule has 6 aliphatic carbocycles. The third-order valence-electron chi connectivity index (χ3n) is 30.9. The van der Waals surface area contributed by atoms with Crippen molar-refractivity contribution in [1.29, 1.82) is 0 Å². The summed E-state index contributed by atoms with van der Waals surface area (Å²) < 4.78 is 0. The van der Waals surface area contributed by atoms with Crippen molar-refractivity contribution >= 4 is 51.2 Å². The Labute approximate surface area is 841 Å². The second-order valence-corrected chi connectivity index (χ2v) is 38.2. The molecule has 23 aromatic rings. The standard InChI is InChI=1S/2C49H33N.C43H29N/c1-3-15-34(16-4-1)35-27-29-37(30-28-35)50(48-26-14-10-19-39(48)36-17-5-2-6-18-36)38-31-32-43-42-22-9-13-25-46(42)49(47(43)33-38)44-23-11-7-20-40(44)41-21-8-12-24-45(41)49;1-3-13-34(14-4-1)36-23-27-38(28-24-36)50(39-29-25-37(26-30-39)35-15-5-2-6-16-35)40-31-32-44-43-19-9-12-22-47(43)49(48(44)33-40)45-20-10-7-17-41(45)42-18-8-11-21-46(42)49;1-3-13-30(14-4-1)31-23-25-33(26-24-31)44(32-15-5-2-6-16-32)34-27-28-38-37-19-9-12-22-41(37)43(42(38)29-34)39-20-10-7-17-35(39)36-18-8-11-21-40(36)43/h2*1-33H;1-29H. The summed E-state index contributed by atoms with van der Waals surface area (Å²) in [5, 5.41) is 0. The monoisotopic (exact) mass is 1830 g/mol. The zero-order valence-electron chi connectivity index (χ0n) is 79.2. The smallest absolute Gasteiger partial charge is 0.0726 e. The predicted octanol–water partition coefficient (Wildman–Crippen LogP) is 36.8. The maximum Gasteiger partial charge on any atom is 0.0726 e. The molecule has 3 heteroatoms. The summed E-state index contributed by atoms with van der Waals surface area (Å²) in [4.78, 5) is 7.24. The minimum Gasteiger partial charge on any atom is -0.310 e. The first-order chi connectivity index (χ1) is 71.5. The normalized spacial score (nSPS) is 13.0. The first-order valence-electron chi connectivity index (χ1n) is 50.0. The van der Waals surface area contributed by atoms with E-state index < -0.39 is 10.8 Å². The highest BCUT2D eigenvalue weighted by atomic mass is 15.2. The molecular formula is C141H95N3. The Morgan fingerprint density at radius 2 is 0.257 bits per heavy atom. The van der Waals surface area contributed by atoms with Crippen LogP contribution in [0.2, 0.25) is 0 Å². The molecule has 0 bridgehead atoms. The highest BCUT2D eigenvalue weighted by molar-refractivity contribution is 6.02. The van der Waals surface area contributed by atoms with Crippen LogP contribution in [0.15, 0.2) is 576 Å². The quantitative estimate of drug-likeness (QED) is 0.107. The average Bonchev–Trinajstić information content (AvgIpc) is 1.52. The number of fused-ring (bicyclic) bond motifs is 30. The van der Waals surface area contributed by atoms with Crippen molar-refractivity contribution in [3.8, 4) is 122 Å². The Kier molecular flexibility index (Phi) is 20.7. The van der Waals surface area contributed by atoms with E-state index in [1.54, 1.807) is 0 Å². The molecule has 23 aromatic carbocycles. The van der Waals surface area contributed by atoms with Crippen molar-refractivity contribution in [3.63, 3.8) is 0 Å². The van der Waals surface area contributed by atoms with Gasteiger partial charge in [0.1, 0.15) is 0 Å². The van der Waals surface area contributed by atoms with Gasteiger partial charge in [0.05, 0.1) is 21.9 Å². The van der Waals surface area contributed by atoms with Crippen molar-refractivity contribution < 1.29 is 0 Å². The maximum absolute atomic E-state index is 2.47. The molecule has 0 aromatic heterocycles. The van der Waals surface area contributed by atoms with Crippen LogP contribution < -0.4 is 14.7 Å². The van der Waals surface area contributed by atoms with Gasteiger partial charge in [-0.05, 0) is 287 Å². The van der Waals surface area contributed by atoms with Gasteiger partial charge >= 0.3 is 0 Å². The molecule has 0 radical (unpaired) electrons. The summed E-state index contributed by atoms with van der Waals surface area (Å²) in [6.45, 7) is 0. The van der Waals surface area contributed by atoms with E-state index in [0.717, 1.165) is 51.2 Å². The van der Waals surface area contributed by atoms with Gasteiger partial charge in [-0.15, -0.1) is 0 Å². The average molecular weight is 1830 g/mol. The van der Waals surface area contributed by atoms with E-state index >= 15 is 0 Å². The molecule has 674 valence electrons. The highest BCUT2D eigenvalue weighted by Gasteiger charge is 2.55. The molecule has 6 aliphatic rings. The van der Waals surface area contributed by atoms with Crippen LogP contribution in [0, 0.1) is 0 Å². The SMILES string of the molecule is c1ccc(-c2ccc(N(c3ccc(-c4ccccc4)cc3)c3ccc4c(c3)C3(c5ccccc5-c5ccccc53)c3ccccc3-4)cc2)cc1.c1ccc(-c2ccc(N(c3ccc4c(c3)C3(c5ccccc5-c5ccccc53)c3ccccc3-4)c3ccccc3-c3ccccc3)cc2)cc1.c1ccc(-c2ccc(N(c3ccccc3)c3ccc4c(c3)C3(c5ccccc5-c5ccccc53)c3ccccc3-4)cc2)cc1. The molecule has 29 rings (SSSR count). The summed E-state index contributed by atoms with van der Waals surface area (Å²) >= 11 is 0. The topological polar surface area (TPSA) is 9.72 Å². The van der Waals surface area contributed by atoms with Crippen LogP contribution >= 0.6 is 0 Å². The van der Waals surface area contributed by atoms with Crippen LogP contribution in [0.1, 0.15) is 66.8 Å². The second kappa shape index (κ2) is 35.1. The lowest BCUT2D eigenvalue weighted by atomic mass is 9.70.